The van der Waals surface area contributed by atoms with Crippen LogP contribution in [0.2, 0.25) is 5.02 Å². The second-order valence-electron chi connectivity index (χ2n) is 4.22. The molecular formula is C15H12ClFO2. The summed E-state index contributed by atoms with van der Waals surface area (Å²) in [6.45, 7) is 1.54. The van der Waals surface area contributed by atoms with Gasteiger partial charge in [0.25, 0.3) is 0 Å². The van der Waals surface area contributed by atoms with E-state index in [1.807, 2.05) is 0 Å². The van der Waals surface area contributed by atoms with Gasteiger partial charge in [-0.15, -0.1) is 0 Å². The molecule has 0 aliphatic heterocycles. The standard InChI is InChI=1S/C15H12ClFO2/c1-9(18)11-7-6-10(16)8-13(11)15(19)12-4-2-3-5-14(12)17/h2-9,18H,1H3. The van der Waals surface area contributed by atoms with Crippen molar-refractivity contribution in [2.75, 3.05) is 0 Å². The highest BCUT2D eigenvalue weighted by atomic mass is 35.5. The van der Waals surface area contributed by atoms with E-state index in [0.29, 0.717) is 10.6 Å². The minimum Gasteiger partial charge on any atom is -0.389 e. The van der Waals surface area contributed by atoms with Gasteiger partial charge in [0.15, 0.2) is 5.78 Å². The lowest BCUT2D eigenvalue weighted by atomic mass is 9.95. The van der Waals surface area contributed by atoms with Gasteiger partial charge in [-0.3, -0.25) is 4.79 Å². The van der Waals surface area contributed by atoms with E-state index in [1.165, 1.54) is 24.3 Å². The molecule has 2 rings (SSSR count). The van der Waals surface area contributed by atoms with Crippen LogP contribution in [0.15, 0.2) is 42.5 Å². The summed E-state index contributed by atoms with van der Waals surface area (Å²) in [5, 5.41) is 10.0. The molecule has 0 spiro atoms. The Labute approximate surface area is 115 Å². The highest BCUT2D eigenvalue weighted by Gasteiger charge is 2.19. The summed E-state index contributed by atoms with van der Waals surface area (Å²) in [4.78, 5) is 12.3. The largest absolute Gasteiger partial charge is 0.389 e. The molecular weight excluding hydrogens is 267 g/mol. The highest BCUT2D eigenvalue weighted by Crippen LogP contribution is 2.25. The Morgan fingerprint density at radius 1 is 1.21 bits per heavy atom. The fraction of sp³-hybridized carbons (Fsp3) is 0.133. The van der Waals surface area contributed by atoms with Crippen LogP contribution in [-0.4, -0.2) is 10.9 Å². The Morgan fingerprint density at radius 3 is 2.53 bits per heavy atom. The van der Waals surface area contributed by atoms with Gasteiger partial charge >= 0.3 is 0 Å². The molecule has 1 atom stereocenters. The summed E-state index contributed by atoms with van der Waals surface area (Å²) in [6.07, 6.45) is -0.831. The van der Waals surface area contributed by atoms with Crippen LogP contribution in [0.25, 0.3) is 0 Å². The van der Waals surface area contributed by atoms with Crippen LogP contribution in [-0.2, 0) is 0 Å². The maximum Gasteiger partial charge on any atom is 0.196 e. The van der Waals surface area contributed by atoms with Crippen LogP contribution in [0.3, 0.4) is 0 Å². The van der Waals surface area contributed by atoms with Crippen LogP contribution >= 0.6 is 11.6 Å². The van der Waals surface area contributed by atoms with Gasteiger partial charge < -0.3 is 5.11 Å². The van der Waals surface area contributed by atoms with Gasteiger partial charge in [0.05, 0.1) is 11.7 Å². The number of benzene rings is 2. The predicted molar refractivity (Wildman–Crippen MR) is 71.9 cm³/mol. The lowest BCUT2D eigenvalue weighted by molar-refractivity contribution is 0.102. The van der Waals surface area contributed by atoms with Gasteiger partial charge in [0.1, 0.15) is 5.82 Å². The summed E-state index contributed by atoms with van der Waals surface area (Å²) in [7, 11) is 0. The van der Waals surface area contributed by atoms with E-state index in [-0.39, 0.29) is 11.1 Å². The average Bonchev–Trinajstić information content (AvgIpc) is 2.38. The molecule has 2 nitrogen and oxygen atoms in total. The van der Waals surface area contributed by atoms with Crippen LogP contribution < -0.4 is 0 Å². The normalized spacial score (nSPS) is 12.2. The molecule has 0 saturated carbocycles. The van der Waals surface area contributed by atoms with E-state index in [1.54, 1.807) is 25.1 Å². The minimum atomic E-state index is -0.831. The SMILES string of the molecule is CC(O)c1ccc(Cl)cc1C(=O)c1ccccc1F. The zero-order valence-corrected chi connectivity index (χ0v) is 11.0. The lowest BCUT2D eigenvalue weighted by Crippen LogP contribution is -2.09. The van der Waals surface area contributed by atoms with Crippen molar-refractivity contribution >= 4 is 17.4 Å². The molecule has 1 unspecified atom stereocenters. The Hall–Kier alpha value is -1.71. The van der Waals surface area contributed by atoms with Gasteiger partial charge in [-0.05, 0) is 36.8 Å². The number of hydrogen-bond acceptors (Lipinski definition) is 2. The molecule has 0 saturated heterocycles. The second kappa shape index (κ2) is 5.51. The maximum absolute atomic E-state index is 13.6. The van der Waals surface area contributed by atoms with Crippen molar-refractivity contribution in [2.45, 2.75) is 13.0 Å². The fourth-order valence-electron chi connectivity index (χ4n) is 1.88. The molecule has 2 aromatic carbocycles. The van der Waals surface area contributed by atoms with Crippen molar-refractivity contribution in [1.29, 1.82) is 0 Å². The summed E-state index contributed by atoms with van der Waals surface area (Å²) >= 11 is 5.87. The predicted octanol–water partition coefficient (Wildman–Crippen LogP) is 3.76. The van der Waals surface area contributed by atoms with E-state index in [4.69, 9.17) is 11.6 Å². The molecule has 98 valence electrons. The second-order valence-corrected chi connectivity index (χ2v) is 4.65. The van der Waals surface area contributed by atoms with Crippen molar-refractivity contribution < 1.29 is 14.3 Å². The number of rotatable bonds is 3. The van der Waals surface area contributed by atoms with Gasteiger partial charge in [-0.2, -0.15) is 0 Å². The van der Waals surface area contributed by atoms with Gasteiger partial charge in [-0.25, -0.2) is 4.39 Å². The quantitative estimate of drug-likeness (QED) is 0.868. The molecule has 19 heavy (non-hydrogen) atoms. The number of ketones is 1. The third-order valence-corrected chi connectivity index (χ3v) is 3.06. The van der Waals surface area contributed by atoms with E-state index in [9.17, 15) is 14.3 Å². The maximum atomic E-state index is 13.6. The van der Waals surface area contributed by atoms with E-state index in [0.717, 1.165) is 0 Å². The Bertz CT molecular complexity index is 623. The molecule has 0 heterocycles. The van der Waals surface area contributed by atoms with Gasteiger partial charge in [-0.1, -0.05) is 29.8 Å². The van der Waals surface area contributed by atoms with Crippen molar-refractivity contribution in [2.24, 2.45) is 0 Å². The van der Waals surface area contributed by atoms with Crippen LogP contribution in [0.5, 0.6) is 0 Å². The molecule has 4 heteroatoms. The molecule has 0 bridgehead atoms. The number of halogens is 2. The summed E-state index contributed by atoms with van der Waals surface area (Å²) < 4.78 is 13.6. The Balaban J connectivity index is 2.56. The number of carbonyl (C=O) groups is 1. The summed E-state index contributed by atoms with van der Waals surface area (Å²) in [5.74, 6) is -1.08. The molecule has 0 aliphatic carbocycles. The zero-order chi connectivity index (χ0) is 14.0. The molecule has 0 radical (unpaired) electrons. The zero-order valence-electron chi connectivity index (χ0n) is 10.2. The molecule has 2 aromatic rings. The average molecular weight is 279 g/mol. The molecule has 0 aromatic heterocycles. The molecule has 0 amide bonds. The third-order valence-electron chi connectivity index (χ3n) is 2.83. The van der Waals surface area contributed by atoms with Crippen LogP contribution in [0, 0.1) is 5.82 Å². The number of carbonyl (C=O) groups excluding carboxylic acids is 1. The van der Waals surface area contributed by atoms with Crippen molar-refractivity contribution in [3.8, 4) is 0 Å². The van der Waals surface area contributed by atoms with Crippen molar-refractivity contribution in [3.63, 3.8) is 0 Å². The van der Waals surface area contributed by atoms with Crippen LogP contribution in [0.1, 0.15) is 34.5 Å². The van der Waals surface area contributed by atoms with Gasteiger partial charge in [0, 0.05) is 10.6 Å². The minimum absolute atomic E-state index is 0.0355. The summed E-state index contributed by atoms with van der Waals surface area (Å²) in [6, 6.07) is 10.3. The first kappa shape index (κ1) is 13.7. The lowest BCUT2D eigenvalue weighted by Gasteiger charge is -2.12. The monoisotopic (exact) mass is 278 g/mol. The Morgan fingerprint density at radius 2 is 1.89 bits per heavy atom. The number of hydrogen-bond donors (Lipinski definition) is 1. The molecule has 0 aliphatic rings. The smallest absolute Gasteiger partial charge is 0.196 e. The van der Waals surface area contributed by atoms with Gasteiger partial charge in [0.2, 0.25) is 0 Å². The third kappa shape index (κ3) is 2.83. The van der Waals surface area contributed by atoms with E-state index >= 15 is 0 Å². The Kier molecular flexibility index (Phi) is 3.98. The fourth-order valence-corrected chi connectivity index (χ4v) is 2.05. The first-order valence-electron chi connectivity index (χ1n) is 5.77. The first-order chi connectivity index (χ1) is 9.00. The van der Waals surface area contributed by atoms with Crippen molar-refractivity contribution in [1.82, 2.24) is 0 Å². The topological polar surface area (TPSA) is 37.3 Å². The molecule has 0 fully saturated rings. The number of aliphatic hydroxyl groups is 1. The number of aliphatic hydroxyl groups excluding tert-OH is 1. The van der Waals surface area contributed by atoms with Crippen LogP contribution in [0.4, 0.5) is 4.39 Å². The summed E-state index contributed by atoms with van der Waals surface area (Å²) in [5.41, 5.74) is 0.608. The first-order valence-corrected chi connectivity index (χ1v) is 6.15. The van der Waals surface area contributed by atoms with E-state index in [2.05, 4.69) is 0 Å². The van der Waals surface area contributed by atoms with E-state index < -0.39 is 17.7 Å². The molecule has 1 N–H and O–H groups in total. The highest BCUT2D eigenvalue weighted by molar-refractivity contribution is 6.31. The van der Waals surface area contributed by atoms with Crippen molar-refractivity contribution in [3.05, 3.63) is 70.0 Å².